The van der Waals surface area contributed by atoms with Crippen LogP contribution in [-0.2, 0) is 0 Å². The summed E-state index contributed by atoms with van der Waals surface area (Å²) in [6, 6.07) is 0.649. The van der Waals surface area contributed by atoms with Gasteiger partial charge in [0.05, 0.1) is 6.54 Å². The van der Waals surface area contributed by atoms with Crippen molar-refractivity contribution in [2.24, 2.45) is 5.92 Å². The first-order valence-corrected chi connectivity index (χ1v) is 6.58. The van der Waals surface area contributed by atoms with E-state index in [1.165, 1.54) is 32.1 Å². The van der Waals surface area contributed by atoms with Crippen molar-refractivity contribution in [3.8, 4) is 0 Å². The number of alkyl halides is 3. The van der Waals surface area contributed by atoms with Gasteiger partial charge in [0.1, 0.15) is 0 Å². The summed E-state index contributed by atoms with van der Waals surface area (Å²) in [5.41, 5.74) is 0. The minimum atomic E-state index is -4.08. The second kappa shape index (κ2) is 5.57. The molecule has 0 aromatic carbocycles. The molecule has 0 radical (unpaired) electrons. The lowest BCUT2D eigenvalue weighted by Crippen LogP contribution is -2.40. The van der Waals surface area contributed by atoms with Crippen LogP contribution in [0.3, 0.4) is 0 Å². The van der Waals surface area contributed by atoms with Crippen LogP contribution < -0.4 is 5.32 Å². The Morgan fingerprint density at radius 1 is 1.12 bits per heavy atom. The van der Waals surface area contributed by atoms with Gasteiger partial charge in [0, 0.05) is 19.1 Å². The maximum Gasteiger partial charge on any atom is 0.401 e. The highest BCUT2D eigenvalue weighted by atomic mass is 19.4. The van der Waals surface area contributed by atoms with Gasteiger partial charge >= 0.3 is 6.18 Å². The number of hydrogen-bond acceptors (Lipinski definition) is 2. The lowest BCUT2D eigenvalue weighted by molar-refractivity contribution is -0.124. The Morgan fingerprint density at radius 2 is 1.88 bits per heavy atom. The molecule has 0 aromatic heterocycles. The number of nitrogens with zero attached hydrogens (tertiary/aromatic N) is 1. The van der Waals surface area contributed by atoms with Crippen LogP contribution in [-0.4, -0.2) is 43.3 Å². The average Bonchev–Trinajstić information content (AvgIpc) is 2.67. The molecule has 2 aliphatic rings. The van der Waals surface area contributed by atoms with Gasteiger partial charge in [0.15, 0.2) is 0 Å². The minimum absolute atomic E-state index is 0.447. The van der Waals surface area contributed by atoms with E-state index in [1.54, 1.807) is 0 Å². The van der Waals surface area contributed by atoms with Crippen LogP contribution in [0.15, 0.2) is 0 Å². The van der Waals surface area contributed by atoms with E-state index in [1.807, 2.05) is 0 Å². The summed E-state index contributed by atoms with van der Waals surface area (Å²) in [5.74, 6) is 0.811. The Bertz CT molecular complexity index is 242. The number of fused-ring (bicyclic) bond motifs is 1. The molecule has 1 aliphatic heterocycles. The topological polar surface area (TPSA) is 15.3 Å². The first-order valence-electron chi connectivity index (χ1n) is 6.58. The van der Waals surface area contributed by atoms with Gasteiger partial charge in [-0.15, -0.1) is 0 Å². The molecule has 5 heteroatoms. The van der Waals surface area contributed by atoms with Crippen LogP contribution in [0.5, 0.6) is 0 Å². The van der Waals surface area contributed by atoms with Gasteiger partial charge in [-0.3, -0.25) is 4.90 Å². The van der Waals surface area contributed by atoms with E-state index in [0.717, 1.165) is 19.0 Å². The fraction of sp³-hybridized carbons (Fsp3) is 1.00. The van der Waals surface area contributed by atoms with Crippen molar-refractivity contribution in [2.75, 3.05) is 26.2 Å². The Kier molecular flexibility index (Phi) is 4.31. The largest absolute Gasteiger partial charge is 0.401 e. The monoisotopic (exact) mass is 250 g/mol. The van der Waals surface area contributed by atoms with E-state index >= 15 is 0 Å². The molecule has 1 saturated carbocycles. The number of nitrogens with one attached hydrogen (secondary N) is 1. The van der Waals surface area contributed by atoms with Crippen molar-refractivity contribution in [1.29, 1.82) is 0 Å². The summed E-state index contributed by atoms with van der Waals surface area (Å²) < 4.78 is 35.8. The molecular formula is C12H21F3N2. The molecule has 2 atom stereocenters. The van der Waals surface area contributed by atoms with Crippen molar-refractivity contribution in [3.05, 3.63) is 0 Å². The van der Waals surface area contributed by atoms with Crippen molar-refractivity contribution in [1.82, 2.24) is 10.2 Å². The second-order valence-electron chi connectivity index (χ2n) is 5.23. The Labute approximate surface area is 101 Å². The molecule has 0 aromatic rings. The van der Waals surface area contributed by atoms with E-state index in [0.29, 0.717) is 12.6 Å². The highest BCUT2D eigenvalue weighted by Crippen LogP contribution is 2.35. The van der Waals surface area contributed by atoms with Gasteiger partial charge in [-0.2, -0.15) is 13.2 Å². The van der Waals surface area contributed by atoms with Gasteiger partial charge in [-0.25, -0.2) is 0 Å². The average molecular weight is 250 g/mol. The van der Waals surface area contributed by atoms with Crippen LogP contribution in [0.4, 0.5) is 13.2 Å². The summed E-state index contributed by atoms with van der Waals surface area (Å²) >= 11 is 0. The molecule has 2 nitrogen and oxygen atoms in total. The lowest BCUT2D eigenvalue weighted by atomic mass is 9.85. The summed E-state index contributed by atoms with van der Waals surface area (Å²) in [4.78, 5) is 2.38. The summed E-state index contributed by atoms with van der Waals surface area (Å²) in [6.07, 6.45) is 2.33. The third-order valence-electron chi connectivity index (χ3n) is 4.03. The molecule has 100 valence electrons. The molecule has 2 rings (SSSR count). The fourth-order valence-corrected chi connectivity index (χ4v) is 3.23. The third kappa shape index (κ3) is 3.85. The lowest BCUT2D eigenvalue weighted by Gasteiger charge is -2.31. The van der Waals surface area contributed by atoms with Crippen LogP contribution in [0.1, 0.15) is 32.1 Å². The predicted molar refractivity (Wildman–Crippen MR) is 60.9 cm³/mol. The zero-order valence-corrected chi connectivity index (χ0v) is 10.1. The molecule has 2 fully saturated rings. The molecule has 1 N–H and O–H groups in total. The first-order chi connectivity index (χ1) is 8.06. The van der Waals surface area contributed by atoms with Crippen molar-refractivity contribution in [3.63, 3.8) is 0 Å². The quantitative estimate of drug-likeness (QED) is 0.771. The van der Waals surface area contributed by atoms with Crippen LogP contribution in [0.25, 0.3) is 0 Å². The van der Waals surface area contributed by atoms with E-state index < -0.39 is 12.7 Å². The van der Waals surface area contributed by atoms with Gasteiger partial charge in [0.2, 0.25) is 0 Å². The van der Waals surface area contributed by atoms with Gasteiger partial charge in [-0.1, -0.05) is 12.8 Å². The van der Waals surface area contributed by atoms with Gasteiger partial charge < -0.3 is 5.32 Å². The van der Waals surface area contributed by atoms with Crippen molar-refractivity contribution < 1.29 is 13.2 Å². The fourth-order valence-electron chi connectivity index (χ4n) is 3.23. The second-order valence-corrected chi connectivity index (χ2v) is 5.23. The van der Waals surface area contributed by atoms with Crippen molar-refractivity contribution >= 4 is 0 Å². The summed E-state index contributed by atoms with van der Waals surface area (Å²) in [5, 5.41) is 2.48. The molecule has 2 unspecified atom stereocenters. The molecule has 1 saturated heterocycles. The molecule has 0 spiro atoms. The number of halogens is 3. The maximum absolute atomic E-state index is 11.9. The standard InChI is InChI=1S/C12H21F3N2/c13-12(14,15)9-16-6-8-17-7-5-10-3-1-2-4-11(10)17/h10-11,16H,1-9H2. The van der Waals surface area contributed by atoms with E-state index in [4.69, 9.17) is 0 Å². The van der Waals surface area contributed by atoms with E-state index in [2.05, 4.69) is 10.2 Å². The summed E-state index contributed by atoms with van der Waals surface area (Å²) in [7, 11) is 0. The van der Waals surface area contributed by atoms with Crippen LogP contribution >= 0.6 is 0 Å². The van der Waals surface area contributed by atoms with Crippen molar-refractivity contribution in [2.45, 2.75) is 44.3 Å². The molecule has 0 amide bonds. The summed E-state index contributed by atoms with van der Waals surface area (Å²) in [6.45, 7) is 1.41. The number of likely N-dealkylation sites (tertiary alicyclic amines) is 1. The number of hydrogen-bond donors (Lipinski definition) is 1. The normalized spacial score (nSPS) is 30.5. The molecule has 1 aliphatic carbocycles. The third-order valence-corrected chi connectivity index (χ3v) is 4.03. The van der Waals surface area contributed by atoms with Crippen LogP contribution in [0, 0.1) is 5.92 Å². The Hall–Kier alpha value is -0.290. The number of rotatable bonds is 4. The zero-order valence-electron chi connectivity index (χ0n) is 10.1. The molecular weight excluding hydrogens is 229 g/mol. The molecule has 0 bridgehead atoms. The Balaban J connectivity index is 1.66. The van der Waals surface area contributed by atoms with Gasteiger partial charge in [0.25, 0.3) is 0 Å². The molecule has 1 heterocycles. The van der Waals surface area contributed by atoms with E-state index in [-0.39, 0.29) is 0 Å². The van der Waals surface area contributed by atoms with E-state index in [9.17, 15) is 13.2 Å². The smallest absolute Gasteiger partial charge is 0.307 e. The maximum atomic E-state index is 11.9. The predicted octanol–water partition coefficient (Wildman–Crippen LogP) is 2.40. The zero-order chi connectivity index (χ0) is 12.3. The Morgan fingerprint density at radius 3 is 2.65 bits per heavy atom. The van der Waals surface area contributed by atoms with Gasteiger partial charge in [-0.05, 0) is 31.7 Å². The SMILES string of the molecule is FC(F)(F)CNCCN1CCC2CCCCC21. The highest BCUT2D eigenvalue weighted by Gasteiger charge is 2.35. The first kappa shape index (κ1) is 13.1. The highest BCUT2D eigenvalue weighted by molar-refractivity contribution is 4.89. The minimum Gasteiger partial charge on any atom is -0.307 e. The molecule has 17 heavy (non-hydrogen) atoms. The van der Waals surface area contributed by atoms with Crippen LogP contribution in [0.2, 0.25) is 0 Å².